The number of urea groups is 1. The molecular formula is C24H23F3N3NaO7. The quantitative estimate of drug-likeness (QED) is 0.317. The number of carbonyl (C=O) groups is 4. The van der Waals surface area contributed by atoms with Crippen LogP contribution in [-0.4, -0.2) is 60.3 Å². The van der Waals surface area contributed by atoms with Crippen molar-refractivity contribution in [2.24, 2.45) is 0 Å². The average Bonchev–Trinajstić information content (AvgIpc) is 2.83. The van der Waals surface area contributed by atoms with Crippen LogP contribution in [0.1, 0.15) is 19.5 Å². The molecule has 0 aliphatic carbocycles. The van der Waals surface area contributed by atoms with Gasteiger partial charge in [-0.2, -0.15) is 0 Å². The van der Waals surface area contributed by atoms with E-state index in [-0.39, 0.29) is 47.7 Å². The Hall–Kier alpha value is -3.55. The van der Waals surface area contributed by atoms with E-state index < -0.39 is 54.3 Å². The van der Waals surface area contributed by atoms with Crippen molar-refractivity contribution in [3.8, 4) is 22.6 Å². The Morgan fingerprint density at radius 1 is 1.18 bits per heavy atom. The third kappa shape index (κ3) is 7.97. The molecule has 38 heavy (non-hydrogen) atoms. The molecule has 1 aliphatic rings. The van der Waals surface area contributed by atoms with Crippen molar-refractivity contribution < 1.29 is 77.9 Å². The molecule has 1 aliphatic heterocycles. The van der Waals surface area contributed by atoms with Crippen LogP contribution in [0.5, 0.6) is 11.5 Å². The fraction of sp³-hybridized carbons (Fsp3) is 0.250. The number of ketones is 1. The summed E-state index contributed by atoms with van der Waals surface area (Å²) in [5.41, 5.74) is 0.353. The van der Waals surface area contributed by atoms with E-state index in [0.717, 1.165) is 17.0 Å². The molecular weight excluding hydrogens is 522 g/mol. The number of nitrogens with zero attached hydrogens (tertiary/aromatic N) is 1. The molecule has 0 bridgehead atoms. The molecule has 0 fully saturated rings. The number of methoxy groups -OCH3 is 1. The molecule has 2 atom stereocenters. The Morgan fingerprint density at radius 2 is 1.89 bits per heavy atom. The monoisotopic (exact) mass is 545 g/mol. The molecule has 0 radical (unpaired) electrons. The number of amides is 3. The maximum atomic E-state index is 13.0. The number of nitrogens with one attached hydrogen (secondary N) is 2. The maximum absolute atomic E-state index is 13.0. The van der Waals surface area contributed by atoms with E-state index in [1.807, 2.05) is 0 Å². The van der Waals surface area contributed by atoms with Crippen LogP contribution in [0.4, 0.5) is 18.0 Å². The number of alkyl halides is 3. The first-order valence-electron chi connectivity index (χ1n) is 10.7. The largest absolute Gasteiger partial charge is 1.00 e. The van der Waals surface area contributed by atoms with Gasteiger partial charge in [0.1, 0.15) is 11.5 Å². The third-order valence-electron chi connectivity index (χ3n) is 5.31. The number of carboxylic acids is 1. The van der Waals surface area contributed by atoms with Gasteiger partial charge in [-0.3, -0.25) is 14.4 Å². The minimum absolute atomic E-state index is 0. The van der Waals surface area contributed by atoms with Gasteiger partial charge in [0.05, 0.1) is 19.6 Å². The fourth-order valence-corrected chi connectivity index (χ4v) is 3.57. The summed E-state index contributed by atoms with van der Waals surface area (Å²) in [4.78, 5) is 49.5. The van der Waals surface area contributed by atoms with Crippen LogP contribution in [-0.2, 0) is 14.4 Å². The van der Waals surface area contributed by atoms with Crippen LogP contribution in [0, 0.1) is 0 Å². The van der Waals surface area contributed by atoms with E-state index in [1.165, 1.54) is 44.6 Å². The van der Waals surface area contributed by atoms with E-state index >= 15 is 0 Å². The van der Waals surface area contributed by atoms with E-state index in [9.17, 15) is 37.5 Å². The molecule has 3 rings (SSSR count). The molecule has 0 spiro atoms. The summed E-state index contributed by atoms with van der Waals surface area (Å²) in [5.74, 6) is -2.91. The third-order valence-corrected chi connectivity index (χ3v) is 5.31. The van der Waals surface area contributed by atoms with Gasteiger partial charge in [0, 0.05) is 24.9 Å². The number of benzene rings is 2. The molecule has 10 nitrogen and oxygen atoms in total. The Balaban J connectivity index is 0.00000380. The van der Waals surface area contributed by atoms with Crippen molar-refractivity contribution in [3.05, 3.63) is 60.3 Å². The summed E-state index contributed by atoms with van der Waals surface area (Å²) in [7, 11) is 2.76. The molecule has 1 heterocycles. The molecule has 2 aromatic carbocycles. The summed E-state index contributed by atoms with van der Waals surface area (Å²) >= 11 is 0. The van der Waals surface area contributed by atoms with E-state index in [1.54, 1.807) is 12.1 Å². The van der Waals surface area contributed by atoms with E-state index in [2.05, 4.69) is 15.4 Å². The summed E-state index contributed by atoms with van der Waals surface area (Å²) < 4.78 is 48.4. The van der Waals surface area contributed by atoms with Gasteiger partial charge in [0.2, 0.25) is 0 Å². The summed E-state index contributed by atoms with van der Waals surface area (Å²) in [5, 5.41) is 13.9. The number of ether oxygens (including phenoxy) is 2. The van der Waals surface area contributed by atoms with Gasteiger partial charge in [-0.25, -0.2) is 4.79 Å². The molecule has 198 valence electrons. The Morgan fingerprint density at radius 3 is 2.53 bits per heavy atom. The first-order chi connectivity index (χ1) is 17.4. The normalized spacial score (nSPS) is 15.8. The van der Waals surface area contributed by atoms with Gasteiger partial charge in [0.25, 0.3) is 5.91 Å². The summed E-state index contributed by atoms with van der Waals surface area (Å²) in [6.45, 7) is 0. The SMILES string of the molecule is COc1cccc(-c2cc([C@H](CC(=O)O)NC(=O)NC3C(=O)C=CN(C)C3=O)ccc2OC(F)(F)F)c1.[H-].[Na+]. The van der Waals surface area contributed by atoms with Gasteiger partial charge in [-0.1, -0.05) is 18.2 Å². The number of halogens is 3. The molecule has 1 unspecified atom stereocenters. The van der Waals surface area contributed by atoms with Gasteiger partial charge in [-0.15, -0.1) is 13.2 Å². The van der Waals surface area contributed by atoms with Gasteiger partial charge in [-0.05, 0) is 35.4 Å². The first-order valence-corrected chi connectivity index (χ1v) is 10.7. The zero-order valence-electron chi connectivity index (χ0n) is 21.5. The zero-order valence-corrected chi connectivity index (χ0v) is 22.5. The second kappa shape index (κ2) is 12.8. The van der Waals surface area contributed by atoms with Crippen molar-refractivity contribution in [1.29, 1.82) is 0 Å². The molecule has 0 saturated carbocycles. The van der Waals surface area contributed by atoms with E-state index in [4.69, 9.17) is 4.74 Å². The van der Waals surface area contributed by atoms with Gasteiger partial charge < -0.3 is 31.5 Å². The van der Waals surface area contributed by atoms with Crippen LogP contribution in [0.15, 0.2) is 54.7 Å². The van der Waals surface area contributed by atoms with Crippen molar-refractivity contribution in [1.82, 2.24) is 15.5 Å². The number of hydrogen-bond acceptors (Lipinski definition) is 6. The Bertz CT molecular complexity index is 1260. The van der Waals surface area contributed by atoms with Crippen LogP contribution in [0.25, 0.3) is 11.1 Å². The van der Waals surface area contributed by atoms with Gasteiger partial charge >= 0.3 is 47.9 Å². The van der Waals surface area contributed by atoms with Crippen molar-refractivity contribution in [3.63, 3.8) is 0 Å². The van der Waals surface area contributed by atoms with Crippen LogP contribution in [0.2, 0.25) is 0 Å². The summed E-state index contributed by atoms with van der Waals surface area (Å²) in [6.07, 6.45) is -3.33. The smallest absolute Gasteiger partial charge is 1.00 e. The predicted molar refractivity (Wildman–Crippen MR) is 124 cm³/mol. The molecule has 3 amide bonds. The van der Waals surface area contributed by atoms with Crippen molar-refractivity contribution >= 4 is 23.7 Å². The molecule has 3 N–H and O–H groups in total. The van der Waals surface area contributed by atoms with Crippen LogP contribution < -0.4 is 49.7 Å². The number of carboxylic acid groups (broad SMARTS) is 1. The van der Waals surface area contributed by atoms with Crippen LogP contribution >= 0.6 is 0 Å². The number of likely N-dealkylation sites (N-methyl/N-ethyl adjacent to an activating group) is 1. The Labute approximate surface area is 238 Å². The van der Waals surface area contributed by atoms with Crippen molar-refractivity contribution in [2.75, 3.05) is 14.2 Å². The van der Waals surface area contributed by atoms with E-state index in [0.29, 0.717) is 5.75 Å². The molecule has 2 aromatic rings. The fourth-order valence-electron chi connectivity index (χ4n) is 3.57. The van der Waals surface area contributed by atoms with Gasteiger partial charge in [0.15, 0.2) is 11.8 Å². The maximum Gasteiger partial charge on any atom is 1.00 e. The second-order valence-corrected chi connectivity index (χ2v) is 7.90. The standard InChI is InChI=1S/C24H22F3N3O7.Na.H/c1-30-9-8-18(31)21(22(30)34)29-23(35)28-17(12-20(32)33)14-6-7-19(37-24(25,26)27)16(11-14)13-4-3-5-15(10-13)36-2;;/h3-11,17,21H,12H2,1-2H3,(H,32,33)(H2,28,29,35);;/q;+1;-1/t17-,21?;;/m0../s1. The number of aliphatic carboxylic acids is 1. The topological polar surface area (TPSA) is 134 Å². The minimum atomic E-state index is -5.01. The number of rotatable bonds is 8. The summed E-state index contributed by atoms with van der Waals surface area (Å²) in [6, 6.07) is 5.71. The van der Waals surface area contributed by atoms with Crippen LogP contribution in [0.3, 0.4) is 0 Å². The first kappa shape index (κ1) is 30.7. The molecule has 0 saturated heterocycles. The average molecular weight is 545 g/mol. The Kier molecular flexibility index (Phi) is 10.3. The zero-order chi connectivity index (χ0) is 27.3. The second-order valence-electron chi connectivity index (χ2n) is 7.90. The predicted octanol–water partition coefficient (Wildman–Crippen LogP) is 0.116. The number of carbonyl (C=O) groups excluding carboxylic acids is 3. The number of hydrogen-bond donors (Lipinski definition) is 3. The molecule has 14 heteroatoms. The van der Waals surface area contributed by atoms with Crippen molar-refractivity contribution in [2.45, 2.75) is 24.9 Å². The minimum Gasteiger partial charge on any atom is -1.00 e. The molecule has 0 aromatic heterocycles.